The molecule has 0 aromatic heterocycles. The maximum Gasteiger partial charge on any atom is 0.243 e. The second-order valence-electron chi connectivity index (χ2n) is 6.24. The van der Waals surface area contributed by atoms with Crippen LogP contribution in [-0.4, -0.2) is 32.0 Å². The highest BCUT2D eigenvalue weighted by Crippen LogP contribution is 2.24. The maximum atomic E-state index is 12.8. The van der Waals surface area contributed by atoms with Crippen LogP contribution in [0, 0.1) is 0 Å². The van der Waals surface area contributed by atoms with Gasteiger partial charge in [-0.2, -0.15) is 4.31 Å². The van der Waals surface area contributed by atoms with Crippen molar-refractivity contribution in [2.45, 2.75) is 30.6 Å². The molecule has 1 aliphatic rings. The molecule has 0 atom stereocenters. The highest BCUT2D eigenvalue weighted by Gasteiger charge is 2.24. The third-order valence-corrected chi connectivity index (χ3v) is 6.83. The third-order valence-electron chi connectivity index (χ3n) is 4.35. The Morgan fingerprint density at radius 1 is 0.923 bits per heavy atom. The normalized spacial score (nSPS) is 16.7. The summed E-state index contributed by atoms with van der Waals surface area (Å²) in [6.45, 7) is 1.19. The van der Waals surface area contributed by atoms with Crippen molar-refractivity contribution in [1.82, 2.24) is 4.31 Å². The second-order valence-corrected chi connectivity index (χ2v) is 9.02. The van der Waals surface area contributed by atoms with Gasteiger partial charge < -0.3 is 0 Å². The monoisotopic (exact) mass is 410 g/mol. The Kier molecular flexibility index (Phi) is 6.35. The van der Waals surface area contributed by atoms with Crippen molar-refractivity contribution in [3.8, 4) is 0 Å². The van der Waals surface area contributed by atoms with Gasteiger partial charge in [0.2, 0.25) is 10.0 Å². The fourth-order valence-electron chi connectivity index (χ4n) is 2.89. The van der Waals surface area contributed by atoms with E-state index in [-0.39, 0.29) is 0 Å². The predicted molar refractivity (Wildman–Crippen MR) is 107 cm³/mol. The largest absolute Gasteiger partial charge is 0.256 e. The maximum absolute atomic E-state index is 12.8. The number of rotatable bonds is 4. The summed E-state index contributed by atoms with van der Waals surface area (Å²) in [7, 11) is -3.44. The predicted octanol–water partition coefficient (Wildman–Crippen LogP) is 5.31. The average Bonchev–Trinajstić information content (AvgIpc) is 2.91. The van der Waals surface area contributed by atoms with Gasteiger partial charge in [0.1, 0.15) is 0 Å². The van der Waals surface area contributed by atoms with Crippen LogP contribution in [0.3, 0.4) is 0 Å². The summed E-state index contributed by atoms with van der Waals surface area (Å²) in [6.07, 6.45) is 5.66. The van der Waals surface area contributed by atoms with Gasteiger partial charge in [0, 0.05) is 29.9 Å². The summed E-state index contributed by atoms with van der Waals surface area (Å²) < 4.78 is 27.1. The molecule has 2 aromatic rings. The highest BCUT2D eigenvalue weighted by atomic mass is 35.5. The van der Waals surface area contributed by atoms with Crippen LogP contribution < -0.4 is 0 Å². The summed E-state index contributed by atoms with van der Waals surface area (Å²) in [5.74, 6) is 0. The quantitative estimate of drug-likeness (QED) is 0.641. The zero-order chi connectivity index (χ0) is 18.6. The van der Waals surface area contributed by atoms with Gasteiger partial charge in [-0.05, 0) is 49.2 Å². The van der Waals surface area contributed by atoms with Crippen molar-refractivity contribution in [1.29, 1.82) is 0 Å². The highest BCUT2D eigenvalue weighted by molar-refractivity contribution is 7.89. The van der Waals surface area contributed by atoms with Crippen molar-refractivity contribution in [2.75, 3.05) is 13.1 Å². The van der Waals surface area contributed by atoms with Gasteiger partial charge in [0.25, 0.3) is 0 Å². The van der Waals surface area contributed by atoms with Gasteiger partial charge in [0.05, 0.1) is 15.6 Å². The molecule has 0 N–H and O–H groups in total. The number of benzene rings is 2. The summed E-state index contributed by atoms with van der Waals surface area (Å²) in [5.41, 5.74) is 1.41. The van der Waals surface area contributed by atoms with Crippen molar-refractivity contribution < 1.29 is 8.42 Å². The smallest absolute Gasteiger partial charge is 0.243 e. The molecule has 3 rings (SSSR count). The molecule has 7 heteroatoms. The summed E-state index contributed by atoms with van der Waals surface area (Å²) in [4.78, 5) is 4.66. The molecule has 26 heavy (non-hydrogen) atoms. The topological polar surface area (TPSA) is 49.7 Å². The SMILES string of the molecule is O=S(=O)(c1ccc(N=Cc2ccc(Cl)cc2Cl)cc1)N1CCCCCC1. The number of hydrogen-bond donors (Lipinski definition) is 0. The molecular weight excluding hydrogens is 391 g/mol. The number of nitrogens with zero attached hydrogens (tertiary/aromatic N) is 2. The molecular formula is C19H20Cl2N2O2S. The van der Waals surface area contributed by atoms with Crippen LogP contribution in [-0.2, 0) is 10.0 Å². The first-order valence-electron chi connectivity index (χ1n) is 8.56. The molecule has 0 amide bonds. The van der Waals surface area contributed by atoms with Crippen LogP contribution in [0.4, 0.5) is 5.69 Å². The molecule has 0 bridgehead atoms. The van der Waals surface area contributed by atoms with E-state index < -0.39 is 10.0 Å². The first kappa shape index (κ1) is 19.4. The molecule has 2 aromatic carbocycles. The van der Waals surface area contributed by atoms with E-state index in [0.29, 0.717) is 33.7 Å². The standard InChI is InChI=1S/C19H20Cl2N2O2S/c20-16-6-5-15(19(21)13-16)14-22-17-7-9-18(10-8-17)26(24,25)23-11-3-1-2-4-12-23/h5-10,13-14H,1-4,11-12H2. The van der Waals surface area contributed by atoms with Crippen molar-refractivity contribution in [3.63, 3.8) is 0 Å². The van der Waals surface area contributed by atoms with Gasteiger partial charge in [0.15, 0.2) is 0 Å². The number of aliphatic imine (C=N–C) groups is 1. The first-order chi connectivity index (χ1) is 12.5. The van der Waals surface area contributed by atoms with Crippen LogP contribution in [0.25, 0.3) is 0 Å². The van der Waals surface area contributed by atoms with E-state index in [1.807, 2.05) is 0 Å². The van der Waals surface area contributed by atoms with Gasteiger partial charge in [-0.15, -0.1) is 0 Å². The average molecular weight is 411 g/mol. The van der Waals surface area contributed by atoms with Crippen LogP contribution in [0.1, 0.15) is 31.2 Å². The second kappa shape index (κ2) is 8.53. The van der Waals surface area contributed by atoms with Crippen LogP contribution in [0.15, 0.2) is 52.4 Å². The Bertz CT molecular complexity index is 888. The summed E-state index contributed by atoms with van der Waals surface area (Å²) in [6, 6.07) is 11.8. The molecule has 1 saturated heterocycles. The fourth-order valence-corrected chi connectivity index (χ4v) is 4.86. The van der Waals surface area contributed by atoms with Crippen LogP contribution in [0.2, 0.25) is 10.0 Å². The Balaban J connectivity index is 1.76. The molecule has 1 fully saturated rings. The Hall–Kier alpha value is -1.40. The van der Waals surface area contributed by atoms with Crippen LogP contribution in [0.5, 0.6) is 0 Å². The molecule has 0 saturated carbocycles. The third kappa shape index (κ3) is 4.65. The lowest BCUT2D eigenvalue weighted by Gasteiger charge is -2.19. The van der Waals surface area contributed by atoms with E-state index >= 15 is 0 Å². The van der Waals surface area contributed by atoms with Gasteiger partial charge in [-0.1, -0.05) is 42.1 Å². The lowest BCUT2D eigenvalue weighted by atomic mass is 10.2. The van der Waals surface area contributed by atoms with E-state index in [9.17, 15) is 8.42 Å². The summed E-state index contributed by atoms with van der Waals surface area (Å²) >= 11 is 12.0. The number of halogens is 2. The van der Waals surface area contributed by atoms with Crippen molar-refractivity contribution >= 4 is 45.1 Å². The van der Waals surface area contributed by atoms with Crippen molar-refractivity contribution in [2.24, 2.45) is 4.99 Å². The van der Waals surface area contributed by atoms with E-state index in [1.54, 1.807) is 53.0 Å². The molecule has 1 heterocycles. The Morgan fingerprint density at radius 3 is 2.19 bits per heavy atom. The Labute approximate surface area is 164 Å². The minimum absolute atomic E-state index is 0.308. The molecule has 0 radical (unpaired) electrons. The molecule has 0 spiro atoms. The number of hydrogen-bond acceptors (Lipinski definition) is 3. The lowest BCUT2D eigenvalue weighted by molar-refractivity contribution is 0.424. The first-order valence-corrected chi connectivity index (χ1v) is 10.8. The minimum atomic E-state index is -3.44. The summed E-state index contributed by atoms with van der Waals surface area (Å²) in [5, 5.41) is 1.08. The van der Waals surface area contributed by atoms with Gasteiger partial charge in [-0.3, -0.25) is 4.99 Å². The number of sulfonamides is 1. The van der Waals surface area contributed by atoms with Crippen LogP contribution >= 0.6 is 23.2 Å². The molecule has 138 valence electrons. The van der Waals surface area contributed by atoms with Gasteiger partial charge in [-0.25, -0.2) is 8.42 Å². The molecule has 1 aliphatic heterocycles. The van der Waals surface area contributed by atoms with E-state index in [4.69, 9.17) is 23.2 Å². The van der Waals surface area contributed by atoms with Crippen molar-refractivity contribution in [3.05, 3.63) is 58.1 Å². The van der Waals surface area contributed by atoms with E-state index in [0.717, 1.165) is 31.2 Å². The van der Waals surface area contributed by atoms with E-state index in [1.165, 1.54) is 0 Å². The zero-order valence-corrected chi connectivity index (χ0v) is 16.6. The van der Waals surface area contributed by atoms with E-state index in [2.05, 4.69) is 4.99 Å². The minimum Gasteiger partial charge on any atom is -0.256 e. The molecule has 4 nitrogen and oxygen atoms in total. The lowest BCUT2D eigenvalue weighted by Crippen LogP contribution is -2.31. The zero-order valence-electron chi connectivity index (χ0n) is 14.2. The molecule has 0 unspecified atom stereocenters. The fraction of sp³-hybridized carbons (Fsp3) is 0.316. The molecule has 0 aliphatic carbocycles. The van der Waals surface area contributed by atoms with Gasteiger partial charge >= 0.3 is 0 Å². The Morgan fingerprint density at radius 2 is 1.58 bits per heavy atom.